The van der Waals surface area contributed by atoms with E-state index in [1.807, 2.05) is 30.3 Å². The van der Waals surface area contributed by atoms with Gasteiger partial charge < -0.3 is 19.5 Å². The fraction of sp³-hybridized carbons (Fsp3) is 0.462. The number of ether oxygens (including phenoxy) is 3. The molecule has 4 rings (SSSR count). The van der Waals surface area contributed by atoms with Crippen molar-refractivity contribution in [3.05, 3.63) is 47.5 Å². The lowest BCUT2D eigenvalue weighted by Gasteiger charge is -2.18. The molecule has 0 saturated carbocycles. The van der Waals surface area contributed by atoms with E-state index in [-0.39, 0.29) is 5.91 Å². The normalized spacial score (nSPS) is 14.6. The van der Waals surface area contributed by atoms with Crippen LogP contribution in [0.25, 0.3) is 0 Å². The average molecular weight is 471 g/mol. The molecule has 0 unspecified atom stereocenters. The highest BCUT2D eigenvalue weighted by Gasteiger charge is 2.16. The van der Waals surface area contributed by atoms with Crippen molar-refractivity contribution in [3.8, 4) is 11.5 Å². The lowest BCUT2D eigenvalue weighted by molar-refractivity contribution is -0.116. The number of halogens is 1. The van der Waals surface area contributed by atoms with E-state index in [2.05, 4.69) is 11.4 Å². The summed E-state index contributed by atoms with van der Waals surface area (Å²) in [6, 6.07) is 12.0. The summed E-state index contributed by atoms with van der Waals surface area (Å²) < 4.78 is 17.6. The van der Waals surface area contributed by atoms with Crippen LogP contribution in [0.2, 0.25) is 0 Å². The number of fused-ring (bicyclic) bond motifs is 2. The van der Waals surface area contributed by atoms with Gasteiger partial charge in [0.05, 0.1) is 25.5 Å². The van der Waals surface area contributed by atoms with Gasteiger partial charge in [0.15, 0.2) is 5.90 Å². The summed E-state index contributed by atoms with van der Waals surface area (Å²) in [4.78, 5) is 16.3. The second-order valence-electron chi connectivity index (χ2n) is 8.31. The third kappa shape index (κ3) is 6.87. The summed E-state index contributed by atoms with van der Waals surface area (Å²) in [6.07, 6.45) is 6.76. The number of hydrogen-bond donors (Lipinski definition) is 1. The molecule has 1 amide bonds. The number of nitrogens with zero attached hydrogens (tertiary/aromatic N) is 1. The maximum atomic E-state index is 11.6. The zero-order chi connectivity index (χ0) is 22.9. The van der Waals surface area contributed by atoms with E-state index >= 15 is 0 Å². The van der Waals surface area contributed by atoms with Crippen molar-refractivity contribution in [3.63, 3.8) is 0 Å². The zero-order valence-corrected chi connectivity index (χ0v) is 19.7. The number of alkyl halides is 1. The Hall–Kier alpha value is -2.73. The predicted molar refractivity (Wildman–Crippen MR) is 131 cm³/mol. The summed E-state index contributed by atoms with van der Waals surface area (Å²) in [7, 11) is 0. The number of anilines is 1. The fourth-order valence-electron chi connectivity index (χ4n) is 3.90. The van der Waals surface area contributed by atoms with Crippen LogP contribution in [-0.2, 0) is 22.4 Å². The second kappa shape index (κ2) is 11.9. The van der Waals surface area contributed by atoms with Gasteiger partial charge in [-0.05, 0) is 61.8 Å². The van der Waals surface area contributed by atoms with Gasteiger partial charge >= 0.3 is 0 Å². The molecule has 0 atom stereocenters. The number of carbonyl (C=O) groups excluding carboxylic acids is 1. The van der Waals surface area contributed by atoms with Crippen molar-refractivity contribution in [2.75, 3.05) is 31.0 Å². The molecule has 2 heterocycles. The maximum Gasteiger partial charge on any atom is 0.224 e. The molecular weight excluding hydrogens is 440 g/mol. The fourth-order valence-corrected chi connectivity index (χ4v) is 4.09. The number of hydrogen-bond acceptors (Lipinski definition) is 5. The number of benzene rings is 2. The average Bonchev–Trinajstić information content (AvgIpc) is 2.83. The van der Waals surface area contributed by atoms with Crippen molar-refractivity contribution in [2.24, 2.45) is 4.99 Å². The van der Waals surface area contributed by atoms with Gasteiger partial charge in [0.1, 0.15) is 11.5 Å². The van der Waals surface area contributed by atoms with Gasteiger partial charge in [0, 0.05) is 36.5 Å². The Morgan fingerprint density at radius 3 is 2.24 bits per heavy atom. The van der Waals surface area contributed by atoms with E-state index in [1.54, 1.807) is 0 Å². The van der Waals surface area contributed by atoms with Gasteiger partial charge in [-0.1, -0.05) is 12.1 Å². The van der Waals surface area contributed by atoms with Crippen LogP contribution in [-0.4, -0.2) is 37.5 Å². The Morgan fingerprint density at radius 1 is 0.788 bits per heavy atom. The molecule has 33 heavy (non-hydrogen) atoms. The number of unbranched alkanes of at least 4 members (excludes halogenated alkanes) is 2. The molecule has 7 heteroatoms. The van der Waals surface area contributed by atoms with Crippen LogP contribution < -0.4 is 14.8 Å². The molecular formula is C26H31ClN2O4. The highest BCUT2D eigenvalue weighted by molar-refractivity contribution is 6.17. The van der Waals surface area contributed by atoms with Crippen molar-refractivity contribution >= 4 is 34.8 Å². The van der Waals surface area contributed by atoms with E-state index in [0.717, 1.165) is 79.3 Å². The molecule has 0 aliphatic carbocycles. The lowest BCUT2D eigenvalue weighted by Crippen LogP contribution is -2.18. The molecule has 2 aromatic rings. The van der Waals surface area contributed by atoms with Crippen molar-refractivity contribution in [1.29, 1.82) is 0 Å². The first kappa shape index (κ1) is 23.4. The lowest BCUT2D eigenvalue weighted by atomic mass is 10.0. The molecule has 176 valence electrons. The topological polar surface area (TPSA) is 69.2 Å². The monoisotopic (exact) mass is 470 g/mol. The minimum absolute atomic E-state index is 0.0658. The molecule has 0 fully saturated rings. The molecule has 6 nitrogen and oxygen atoms in total. The highest BCUT2D eigenvalue weighted by atomic mass is 35.5. The molecule has 2 aromatic carbocycles. The summed E-state index contributed by atoms with van der Waals surface area (Å²) in [5.41, 5.74) is 4.20. The van der Waals surface area contributed by atoms with Gasteiger partial charge in [-0.2, -0.15) is 0 Å². The highest BCUT2D eigenvalue weighted by Crippen LogP contribution is 2.30. The third-order valence-electron chi connectivity index (χ3n) is 5.76. The minimum Gasteiger partial charge on any atom is -0.494 e. The summed E-state index contributed by atoms with van der Waals surface area (Å²) in [5, 5.41) is 2.91. The summed E-state index contributed by atoms with van der Waals surface area (Å²) in [5.74, 6) is 3.14. The quantitative estimate of drug-likeness (QED) is 0.332. The number of amides is 1. The molecule has 1 N–H and O–H groups in total. The number of carbonyl (C=O) groups is 1. The molecule has 0 aromatic heterocycles. The molecule has 0 bridgehead atoms. The van der Waals surface area contributed by atoms with E-state index < -0.39 is 0 Å². The number of aryl methyl sites for hydroxylation is 2. The smallest absolute Gasteiger partial charge is 0.224 e. The predicted octanol–water partition coefficient (Wildman–Crippen LogP) is 5.82. The zero-order valence-electron chi connectivity index (χ0n) is 18.9. The van der Waals surface area contributed by atoms with Crippen LogP contribution in [0.5, 0.6) is 11.5 Å². The Bertz CT molecular complexity index is 992. The first-order chi connectivity index (χ1) is 16.2. The Kier molecular flexibility index (Phi) is 8.47. The first-order valence-corrected chi connectivity index (χ1v) is 12.3. The van der Waals surface area contributed by atoms with E-state index in [4.69, 9.17) is 30.8 Å². The number of aliphatic imine (C=N–C) groups is 1. The van der Waals surface area contributed by atoms with Crippen LogP contribution in [0.4, 0.5) is 11.4 Å². The number of rotatable bonds is 11. The van der Waals surface area contributed by atoms with Crippen LogP contribution in [0.1, 0.15) is 49.7 Å². The Balaban J connectivity index is 1.17. The molecule has 2 aliphatic rings. The van der Waals surface area contributed by atoms with Crippen molar-refractivity contribution in [1.82, 2.24) is 0 Å². The first-order valence-electron chi connectivity index (χ1n) is 11.8. The molecule has 0 radical (unpaired) electrons. The molecule has 0 saturated heterocycles. The van der Waals surface area contributed by atoms with Gasteiger partial charge in [-0.25, -0.2) is 4.99 Å². The molecule has 0 spiro atoms. The third-order valence-corrected chi connectivity index (χ3v) is 6.03. The Labute approximate surface area is 200 Å². The SMILES string of the molecule is O=C1CCc2ccc(OCCCCOC3=Nc4cc(OCCCCCl)ccc4CC3)cc2N1. The second-order valence-corrected chi connectivity index (χ2v) is 8.69. The minimum atomic E-state index is 0.0658. The van der Waals surface area contributed by atoms with Crippen LogP contribution >= 0.6 is 11.6 Å². The van der Waals surface area contributed by atoms with Crippen molar-refractivity contribution < 1.29 is 19.0 Å². The number of nitrogens with one attached hydrogen (secondary N) is 1. The maximum absolute atomic E-state index is 11.6. The van der Waals surface area contributed by atoms with E-state index in [9.17, 15) is 4.79 Å². The van der Waals surface area contributed by atoms with Gasteiger partial charge in [-0.15, -0.1) is 11.6 Å². The summed E-state index contributed by atoms with van der Waals surface area (Å²) >= 11 is 5.71. The van der Waals surface area contributed by atoms with Gasteiger partial charge in [0.2, 0.25) is 5.91 Å². The van der Waals surface area contributed by atoms with Gasteiger partial charge in [-0.3, -0.25) is 4.79 Å². The standard InChI is InChI=1S/C26H31ClN2O4/c27-13-1-2-14-31-22-10-6-20-8-12-26(29-24(20)18-22)33-16-4-3-15-32-21-9-5-19-7-11-25(30)28-23(19)17-21/h5-6,9-10,17-18H,1-4,7-8,11-16H2,(H,28,30). The van der Waals surface area contributed by atoms with E-state index in [1.165, 1.54) is 5.56 Å². The van der Waals surface area contributed by atoms with E-state index in [0.29, 0.717) is 32.1 Å². The Morgan fingerprint density at radius 2 is 1.45 bits per heavy atom. The largest absolute Gasteiger partial charge is 0.494 e. The van der Waals surface area contributed by atoms with Crippen molar-refractivity contribution in [2.45, 2.75) is 51.4 Å². The summed E-state index contributed by atoms with van der Waals surface area (Å²) in [6.45, 7) is 1.89. The van der Waals surface area contributed by atoms with Crippen LogP contribution in [0.15, 0.2) is 41.4 Å². The van der Waals surface area contributed by atoms with Crippen LogP contribution in [0.3, 0.4) is 0 Å². The molecule has 2 aliphatic heterocycles. The van der Waals surface area contributed by atoms with Crippen LogP contribution in [0, 0.1) is 0 Å². The van der Waals surface area contributed by atoms with Gasteiger partial charge in [0.25, 0.3) is 0 Å².